The fourth-order valence-electron chi connectivity index (χ4n) is 12.1. The Morgan fingerprint density at radius 1 is 0.306 bits per heavy atom. The maximum atomic E-state index is 6.51. The van der Waals surface area contributed by atoms with Crippen LogP contribution < -0.4 is 4.90 Å². The van der Waals surface area contributed by atoms with Crippen LogP contribution in [-0.4, -0.2) is 0 Å². The predicted molar refractivity (Wildman–Crippen MR) is 299 cm³/mol. The third-order valence-corrected chi connectivity index (χ3v) is 15.3. The Hall–Kier alpha value is -9.44. The van der Waals surface area contributed by atoms with Crippen LogP contribution in [0.3, 0.4) is 0 Å². The van der Waals surface area contributed by atoms with Crippen LogP contribution in [0.1, 0.15) is 22.3 Å². The zero-order chi connectivity index (χ0) is 47.3. The average molecular weight is 918 g/mol. The molecule has 0 saturated heterocycles. The highest BCUT2D eigenvalue weighted by atomic mass is 16.3. The van der Waals surface area contributed by atoms with Crippen LogP contribution >= 0.6 is 0 Å². The highest BCUT2D eigenvalue weighted by Crippen LogP contribution is 2.59. The molecule has 15 rings (SSSR count). The van der Waals surface area contributed by atoms with E-state index >= 15 is 0 Å². The molecule has 3 heteroatoms. The van der Waals surface area contributed by atoms with Crippen molar-refractivity contribution >= 4 is 82.5 Å². The summed E-state index contributed by atoms with van der Waals surface area (Å²) in [6, 6.07) is 94.9. The van der Waals surface area contributed by atoms with Crippen molar-refractivity contribution in [3.8, 4) is 33.4 Å². The number of benzene rings is 12. The van der Waals surface area contributed by atoms with Crippen LogP contribution in [0.4, 0.5) is 17.1 Å². The van der Waals surface area contributed by atoms with E-state index in [0.717, 1.165) is 94.0 Å². The molecule has 0 bridgehead atoms. The maximum absolute atomic E-state index is 6.51. The van der Waals surface area contributed by atoms with Crippen LogP contribution in [0, 0.1) is 0 Å². The Balaban J connectivity index is 0.894. The number of nitrogens with zero attached hydrogens (tertiary/aromatic N) is 1. The summed E-state index contributed by atoms with van der Waals surface area (Å²) in [6.45, 7) is 0. The first-order valence-electron chi connectivity index (χ1n) is 24.7. The fourth-order valence-corrected chi connectivity index (χ4v) is 12.1. The van der Waals surface area contributed by atoms with Gasteiger partial charge in [0.15, 0.2) is 0 Å². The second-order valence-corrected chi connectivity index (χ2v) is 19.1. The largest absolute Gasteiger partial charge is 0.455 e. The summed E-state index contributed by atoms with van der Waals surface area (Å²) in [5.74, 6) is 0. The molecule has 0 aliphatic heterocycles. The first-order chi connectivity index (χ1) is 35.7. The van der Waals surface area contributed by atoms with Crippen molar-refractivity contribution < 1.29 is 8.83 Å². The summed E-state index contributed by atoms with van der Waals surface area (Å²) in [5, 5.41) is 9.11. The van der Waals surface area contributed by atoms with Crippen molar-refractivity contribution in [3.05, 3.63) is 283 Å². The molecule has 0 amide bonds. The summed E-state index contributed by atoms with van der Waals surface area (Å²) in [4.78, 5) is 2.45. The van der Waals surface area contributed by atoms with E-state index < -0.39 is 5.41 Å². The van der Waals surface area contributed by atoms with Gasteiger partial charge >= 0.3 is 0 Å². The van der Waals surface area contributed by atoms with Crippen LogP contribution in [0.15, 0.2) is 270 Å². The first kappa shape index (κ1) is 40.4. The summed E-state index contributed by atoms with van der Waals surface area (Å²) < 4.78 is 13.0. The van der Waals surface area contributed by atoms with Gasteiger partial charge in [0.1, 0.15) is 22.3 Å². The number of hydrogen-bond acceptors (Lipinski definition) is 3. The second-order valence-electron chi connectivity index (χ2n) is 19.1. The van der Waals surface area contributed by atoms with Crippen molar-refractivity contribution in [1.82, 2.24) is 0 Å². The molecule has 2 heterocycles. The lowest BCUT2D eigenvalue weighted by atomic mass is 9.68. The Labute approximate surface area is 416 Å². The number of rotatable bonds is 7. The molecule has 336 valence electrons. The lowest BCUT2D eigenvalue weighted by molar-refractivity contribution is 0.672. The van der Waals surface area contributed by atoms with E-state index in [1.807, 2.05) is 0 Å². The molecule has 2 aromatic heterocycles. The third-order valence-electron chi connectivity index (χ3n) is 15.3. The van der Waals surface area contributed by atoms with Gasteiger partial charge in [0.25, 0.3) is 0 Å². The van der Waals surface area contributed by atoms with E-state index in [1.54, 1.807) is 0 Å². The summed E-state index contributed by atoms with van der Waals surface area (Å²) in [7, 11) is 0. The van der Waals surface area contributed by atoms with E-state index in [4.69, 9.17) is 8.83 Å². The molecule has 12 aromatic carbocycles. The smallest absolute Gasteiger partial charge is 0.143 e. The number of furan rings is 2. The van der Waals surface area contributed by atoms with Gasteiger partial charge in [0, 0.05) is 49.3 Å². The number of anilines is 3. The van der Waals surface area contributed by atoms with Gasteiger partial charge in [-0.1, -0.05) is 194 Å². The van der Waals surface area contributed by atoms with Gasteiger partial charge in [-0.25, -0.2) is 0 Å². The summed E-state index contributed by atoms with van der Waals surface area (Å²) in [6.07, 6.45) is 0. The molecule has 14 aromatic rings. The van der Waals surface area contributed by atoms with Crippen LogP contribution in [0.5, 0.6) is 0 Å². The summed E-state index contributed by atoms with van der Waals surface area (Å²) in [5.41, 5.74) is 18.4. The zero-order valence-corrected chi connectivity index (χ0v) is 39.1. The van der Waals surface area contributed by atoms with Gasteiger partial charge in [0.2, 0.25) is 0 Å². The molecule has 0 atom stereocenters. The highest BCUT2D eigenvalue weighted by molar-refractivity contribution is 6.17. The van der Waals surface area contributed by atoms with Crippen molar-refractivity contribution in [2.45, 2.75) is 5.41 Å². The van der Waals surface area contributed by atoms with Gasteiger partial charge in [0.05, 0.1) is 11.1 Å². The molecule has 1 aliphatic carbocycles. The topological polar surface area (TPSA) is 29.5 Å². The van der Waals surface area contributed by atoms with Crippen molar-refractivity contribution in [2.75, 3.05) is 4.90 Å². The molecule has 0 spiro atoms. The lowest BCUT2D eigenvalue weighted by Gasteiger charge is -2.34. The minimum absolute atomic E-state index is 0.534. The van der Waals surface area contributed by atoms with Gasteiger partial charge in [-0.05, 0) is 128 Å². The molecule has 0 fully saturated rings. The maximum Gasteiger partial charge on any atom is 0.143 e. The number of hydrogen-bond donors (Lipinski definition) is 0. The Morgan fingerprint density at radius 2 is 0.764 bits per heavy atom. The average Bonchev–Trinajstić information content (AvgIpc) is 4.13. The van der Waals surface area contributed by atoms with E-state index in [1.165, 1.54) is 44.2 Å². The normalized spacial score (nSPS) is 12.8. The number of fused-ring (bicyclic) bond motifs is 13. The van der Waals surface area contributed by atoms with Crippen LogP contribution in [-0.2, 0) is 5.41 Å². The van der Waals surface area contributed by atoms with Crippen LogP contribution in [0.2, 0.25) is 0 Å². The minimum Gasteiger partial charge on any atom is -0.455 e. The van der Waals surface area contributed by atoms with Crippen molar-refractivity contribution in [2.24, 2.45) is 0 Å². The summed E-state index contributed by atoms with van der Waals surface area (Å²) >= 11 is 0. The van der Waals surface area contributed by atoms with Crippen LogP contribution in [0.25, 0.3) is 98.8 Å². The van der Waals surface area contributed by atoms with Gasteiger partial charge in [-0.15, -0.1) is 0 Å². The van der Waals surface area contributed by atoms with Gasteiger partial charge in [-0.3, -0.25) is 0 Å². The molecule has 0 unspecified atom stereocenters. The molecule has 0 N–H and O–H groups in total. The van der Waals surface area contributed by atoms with E-state index in [9.17, 15) is 0 Å². The minimum atomic E-state index is -0.534. The molecule has 72 heavy (non-hydrogen) atoms. The lowest BCUT2D eigenvalue weighted by Crippen LogP contribution is -2.28. The third kappa shape index (κ3) is 5.98. The quantitative estimate of drug-likeness (QED) is 0.160. The molecule has 0 radical (unpaired) electrons. The molecule has 3 nitrogen and oxygen atoms in total. The van der Waals surface area contributed by atoms with E-state index in [0.29, 0.717) is 0 Å². The molecular weight excluding hydrogens is 875 g/mol. The zero-order valence-electron chi connectivity index (χ0n) is 39.1. The molecule has 0 saturated carbocycles. The standard InChI is InChI=1S/C69H43NO2/c1-3-16-50(17-4-1)69(51-18-5-2-6-19-51)61-23-12-11-22-58(61)66-62(69)24-13-25-63(66)70(52-34-26-44(27-35-52)48-32-40-64-59(42-48)56-38-30-46-14-7-9-20-54(46)67(56)71-64)53-36-28-45(29-37-53)49-33-41-65-60(43-49)57-39-31-47-15-8-10-21-55(47)68(57)72-65/h1-43H. The second kappa shape index (κ2) is 15.8. The fraction of sp³-hybridized carbons (Fsp3) is 0.0145. The first-order valence-corrected chi connectivity index (χ1v) is 24.7. The predicted octanol–water partition coefficient (Wildman–Crippen LogP) is 19.0. The monoisotopic (exact) mass is 917 g/mol. The molecule has 1 aliphatic rings. The Bertz CT molecular complexity index is 4200. The molecular formula is C69H43NO2. The SMILES string of the molecule is c1ccc(C2(c3ccccc3)c3ccccc3-c3c(N(c4ccc(-c5ccc6oc7c8ccccc8ccc7c6c5)cc4)c4ccc(-c5ccc6oc7c8ccccc8ccc7c6c5)cc4)cccc32)cc1. The van der Waals surface area contributed by atoms with Crippen molar-refractivity contribution in [3.63, 3.8) is 0 Å². The Kier molecular flexibility index (Phi) is 8.87. The highest BCUT2D eigenvalue weighted by Gasteiger charge is 2.47. The van der Waals surface area contributed by atoms with Gasteiger partial charge < -0.3 is 13.7 Å². The van der Waals surface area contributed by atoms with E-state index in [2.05, 4.69) is 266 Å². The van der Waals surface area contributed by atoms with E-state index in [-0.39, 0.29) is 0 Å². The van der Waals surface area contributed by atoms with Crippen molar-refractivity contribution in [1.29, 1.82) is 0 Å². The van der Waals surface area contributed by atoms with Gasteiger partial charge in [-0.2, -0.15) is 0 Å². The Morgan fingerprint density at radius 3 is 1.31 bits per heavy atom.